The Morgan fingerprint density at radius 2 is 1.81 bits per heavy atom. The number of benzene rings is 1. The van der Waals surface area contributed by atoms with Crippen LogP contribution in [0.3, 0.4) is 0 Å². The average Bonchev–Trinajstić information content (AvgIpc) is 2.39. The molecule has 0 amide bonds. The summed E-state index contributed by atoms with van der Waals surface area (Å²) >= 11 is 0. The predicted octanol–water partition coefficient (Wildman–Crippen LogP) is 3.81. The molecular formula is C17H29NO3. The Morgan fingerprint density at radius 1 is 1.24 bits per heavy atom. The van der Waals surface area contributed by atoms with Crippen LogP contribution in [0.1, 0.15) is 57.7 Å². The summed E-state index contributed by atoms with van der Waals surface area (Å²) in [5.74, 6) is 5.76. The quantitative estimate of drug-likeness (QED) is 0.662. The number of rotatable bonds is 5. The van der Waals surface area contributed by atoms with Crippen molar-refractivity contribution in [2.75, 3.05) is 6.61 Å². The molecule has 0 aromatic heterocycles. The Bertz CT molecular complexity index is 467. The smallest absolute Gasteiger partial charge is 0.306 e. The number of carbonyl (C=O) groups is 1. The molecule has 0 saturated carbocycles. The van der Waals surface area contributed by atoms with Gasteiger partial charge >= 0.3 is 5.97 Å². The van der Waals surface area contributed by atoms with Crippen LogP contribution in [-0.2, 0) is 14.9 Å². The van der Waals surface area contributed by atoms with Gasteiger partial charge < -0.3 is 9.57 Å². The largest absolute Gasteiger partial charge is 0.466 e. The summed E-state index contributed by atoms with van der Waals surface area (Å²) in [6.45, 7) is 14.2. The van der Waals surface area contributed by atoms with E-state index in [2.05, 4.69) is 6.07 Å². The van der Waals surface area contributed by atoms with Gasteiger partial charge in [0.2, 0.25) is 0 Å². The number of carbonyl (C=O) groups excluding carboxylic acids is 1. The number of esters is 1. The lowest BCUT2D eigenvalue weighted by molar-refractivity contribution is -0.144. The Balaban J connectivity index is 0.00000191. The van der Waals surface area contributed by atoms with Crippen LogP contribution in [0.5, 0.6) is 5.75 Å². The molecule has 0 unspecified atom stereocenters. The second-order valence-corrected chi connectivity index (χ2v) is 5.44. The van der Waals surface area contributed by atoms with Crippen LogP contribution < -0.4 is 10.7 Å². The normalized spacial score (nSPS) is 10.5. The highest BCUT2D eigenvalue weighted by Crippen LogP contribution is 2.37. The Morgan fingerprint density at radius 3 is 2.29 bits per heavy atom. The molecule has 0 aliphatic heterocycles. The van der Waals surface area contributed by atoms with Crippen LogP contribution >= 0.6 is 0 Å². The molecule has 1 rings (SSSR count). The van der Waals surface area contributed by atoms with Crippen molar-refractivity contribution in [2.24, 2.45) is 5.90 Å². The SMILES string of the molecule is CC.CCOC(=O)CC(C)(C)c1c(C)cc(C)cc1ON. The predicted molar refractivity (Wildman–Crippen MR) is 86.4 cm³/mol. The first-order valence-corrected chi connectivity index (χ1v) is 7.46. The second-order valence-electron chi connectivity index (χ2n) is 5.44. The summed E-state index contributed by atoms with van der Waals surface area (Å²) in [5, 5.41) is 0. The molecule has 0 fully saturated rings. The van der Waals surface area contributed by atoms with Crippen LogP contribution in [0.15, 0.2) is 12.1 Å². The molecule has 120 valence electrons. The summed E-state index contributed by atoms with van der Waals surface area (Å²) in [5.41, 5.74) is 2.70. The minimum absolute atomic E-state index is 0.213. The topological polar surface area (TPSA) is 61.5 Å². The van der Waals surface area contributed by atoms with Gasteiger partial charge in [-0.2, -0.15) is 5.90 Å². The fourth-order valence-electron chi connectivity index (χ4n) is 2.55. The van der Waals surface area contributed by atoms with Crippen molar-refractivity contribution in [1.29, 1.82) is 0 Å². The zero-order valence-electron chi connectivity index (χ0n) is 14.4. The fourth-order valence-corrected chi connectivity index (χ4v) is 2.55. The van der Waals surface area contributed by atoms with Gasteiger partial charge in [-0.25, -0.2) is 0 Å². The van der Waals surface area contributed by atoms with E-state index < -0.39 is 5.41 Å². The number of ether oxygens (including phenoxy) is 1. The Labute approximate surface area is 128 Å². The van der Waals surface area contributed by atoms with E-state index in [1.807, 2.05) is 47.6 Å². The number of hydrogen-bond acceptors (Lipinski definition) is 4. The van der Waals surface area contributed by atoms with E-state index in [1.54, 1.807) is 6.92 Å². The minimum atomic E-state index is -0.390. The molecule has 2 N–H and O–H groups in total. The molecule has 1 aromatic carbocycles. The molecule has 4 heteroatoms. The van der Waals surface area contributed by atoms with Crippen LogP contribution in [0.4, 0.5) is 0 Å². The van der Waals surface area contributed by atoms with E-state index in [-0.39, 0.29) is 5.97 Å². The molecule has 0 saturated heterocycles. The van der Waals surface area contributed by atoms with Gasteiger partial charge in [-0.15, -0.1) is 0 Å². The first kappa shape index (κ1) is 19.4. The highest BCUT2D eigenvalue weighted by Gasteiger charge is 2.30. The monoisotopic (exact) mass is 295 g/mol. The zero-order valence-corrected chi connectivity index (χ0v) is 14.4. The first-order valence-electron chi connectivity index (χ1n) is 7.46. The fraction of sp³-hybridized carbons (Fsp3) is 0.588. The number of nitrogens with two attached hydrogens (primary N) is 1. The summed E-state index contributed by atoms with van der Waals surface area (Å²) in [4.78, 5) is 16.7. The molecule has 21 heavy (non-hydrogen) atoms. The van der Waals surface area contributed by atoms with Gasteiger partial charge in [0.05, 0.1) is 13.0 Å². The maximum atomic E-state index is 11.7. The van der Waals surface area contributed by atoms with Gasteiger partial charge in [-0.3, -0.25) is 4.79 Å². The summed E-state index contributed by atoms with van der Waals surface area (Å²) in [6.07, 6.45) is 0.293. The highest BCUT2D eigenvalue weighted by molar-refractivity contribution is 5.72. The lowest BCUT2D eigenvalue weighted by Crippen LogP contribution is -2.26. The van der Waals surface area contributed by atoms with Crippen LogP contribution in [0.2, 0.25) is 0 Å². The van der Waals surface area contributed by atoms with E-state index in [9.17, 15) is 4.79 Å². The zero-order chi connectivity index (χ0) is 16.6. The Hall–Kier alpha value is -1.55. The summed E-state index contributed by atoms with van der Waals surface area (Å²) < 4.78 is 5.03. The first-order chi connectivity index (χ1) is 9.81. The second kappa shape index (κ2) is 8.67. The van der Waals surface area contributed by atoms with Crippen LogP contribution in [0.25, 0.3) is 0 Å². The standard InChI is InChI=1S/C15H23NO3.C2H6/c1-6-18-13(17)9-15(4,5)14-11(3)7-10(2)8-12(14)19-16;1-2/h7-8H,6,9,16H2,1-5H3;1-2H3. The van der Waals surface area contributed by atoms with Crippen molar-refractivity contribution < 1.29 is 14.4 Å². The van der Waals surface area contributed by atoms with E-state index in [0.29, 0.717) is 18.8 Å². The summed E-state index contributed by atoms with van der Waals surface area (Å²) in [6, 6.07) is 3.94. The van der Waals surface area contributed by atoms with Crippen molar-refractivity contribution >= 4 is 5.97 Å². The number of hydrogen-bond donors (Lipinski definition) is 1. The lowest BCUT2D eigenvalue weighted by Gasteiger charge is -2.28. The van der Waals surface area contributed by atoms with Gasteiger partial charge in [0.25, 0.3) is 0 Å². The molecule has 0 bridgehead atoms. The molecule has 0 heterocycles. The third-order valence-electron chi connectivity index (χ3n) is 3.14. The molecular weight excluding hydrogens is 266 g/mol. The third kappa shape index (κ3) is 5.38. The average molecular weight is 295 g/mol. The van der Waals surface area contributed by atoms with Crippen LogP contribution in [0, 0.1) is 13.8 Å². The highest BCUT2D eigenvalue weighted by atomic mass is 16.6. The number of aryl methyl sites for hydroxylation is 2. The van der Waals surface area contributed by atoms with Gasteiger partial charge in [0.15, 0.2) is 5.75 Å². The molecule has 1 aromatic rings. The van der Waals surface area contributed by atoms with E-state index in [4.69, 9.17) is 15.5 Å². The van der Waals surface area contributed by atoms with Gasteiger partial charge in [0.1, 0.15) is 0 Å². The van der Waals surface area contributed by atoms with Crippen molar-refractivity contribution in [3.63, 3.8) is 0 Å². The molecule has 0 atom stereocenters. The molecule has 0 radical (unpaired) electrons. The van der Waals surface area contributed by atoms with Crippen molar-refractivity contribution in [1.82, 2.24) is 0 Å². The van der Waals surface area contributed by atoms with E-state index in [0.717, 1.165) is 16.7 Å². The molecule has 0 spiro atoms. The molecule has 4 nitrogen and oxygen atoms in total. The lowest BCUT2D eigenvalue weighted by atomic mass is 9.78. The molecule has 0 aliphatic carbocycles. The van der Waals surface area contributed by atoms with Crippen molar-refractivity contribution in [2.45, 2.75) is 60.3 Å². The maximum Gasteiger partial charge on any atom is 0.306 e. The van der Waals surface area contributed by atoms with Gasteiger partial charge in [0, 0.05) is 11.0 Å². The minimum Gasteiger partial charge on any atom is -0.466 e. The van der Waals surface area contributed by atoms with Crippen molar-refractivity contribution in [3.8, 4) is 5.75 Å². The van der Waals surface area contributed by atoms with Crippen LogP contribution in [-0.4, -0.2) is 12.6 Å². The molecule has 0 aliphatic rings. The maximum absolute atomic E-state index is 11.7. The third-order valence-corrected chi connectivity index (χ3v) is 3.14. The van der Waals surface area contributed by atoms with Gasteiger partial charge in [-0.1, -0.05) is 33.8 Å². The van der Waals surface area contributed by atoms with Gasteiger partial charge in [-0.05, 0) is 38.0 Å². The Kier molecular flexibility index (Phi) is 8.03. The summed E-state index contributed by atoms with van der Waals surface area (Å²) in [7, 11) is 0. The van der Waals surface area contributed by atoms with Crippen molar-refractivity contribution in [3.05, 3.63) is 28.8 Å². The van der Waals surface area contributed by atoms with E-state index in [1.165, 1.54) is 0 Å². The van der Waals surface area contributed by atoms with E-state index >= 15 is 0 Å².